The minimum Gasteiger partial charge on any atom is -0.448 e. The van der Waals surface area contributed by atoms with Crippen LogP contribution in [0.2, 0.25) is 5.02 Å². The van der Waals surface area contributed by atoms with Gasteiger partial charge < -0.3 is 9.47 Å². The Kier molecular flexibility index (Phi) is 4.70. The monoisotopic (exact) mass is 310 g/mol. The van der Waals surface area contributed by atoms with Crippen molar-refractivity contribution in [3.05, 3.63) is 35.0 Å². The summed E-state index contributed by atoms with van der Waals surface area (Å²) in [6.07, 6.45) is 1.79. The third kappa shape index (κ3) is 3.11. The van der Waals surface area contributed by atoms with Crippen molar-refractivity contribution in [3.8, 4) is 0 Å². The van der Waals surface area contributed by atoms with Gasteiger partial charge in [-0.05, 0) is 32.1 Å². The third-order valence-corrected chi connectivity index (χ3v) is 2.96. The fourth-order valence-corrected chi connectivity index (χ4v) is 2.04. The molecule has 0 saturated heterocycles. The Labute approximate surface area is 127 Å². The lowest BCUT2D eigenvalue weighted by molar-refractivity contribution is 0.107. The van der Waals surface area contributed by atoms with Gasteiger partial charge in [0.1, 0.15) is 0 Å². The number of hydrazine groups is 1. The van der Waals surface area contributed by atoms with E-state index in [9.17, 15) is 9.59 Å². The second kappa shape index (κ2) is 6.49. The number of amides is 2. The average Bonchev–Trinajstić information content (AvgIpc) is 2.46. The zero-order chi connectivity index (χ0) is 15.4. The van der Waals surface area contributed by atoms with Crippen molar-refractivity contribution in [2.75, 3.05) is 18.2 Å². The summed E-state index contributed by atoms with van der Waals surface area (Å²) in [5.41, 5.74) is 1.20. The van der Waals surface area contributed by atoms with E-state index in [4.69, 9.17) is 21.1 Å². The molecule has 0 spiro atoms. The van der Waals surface area contributed by atoms with Gasteiger partial charge >= 0.3 is 12.2 Å². The van der Waals surface area contributed by atoms with E-state index in [-0.39, 0.29) is 13.2 Å². The molecule has 1 aliphatic heterocycles. The molecule has 2 amide bonds. The van der Waals surface area contributed by atoms with Crippen LogP contribution in [0.3, 0.4) is 0 Å². The largest absolute Gasteiger partial charge is 0.448 e. The summed E-state index contributed by atoms with van der Waals surface area (Å²) in [7, 11) is 0. The number of nitrogens with zero attached hydrogens (tertiary/aromatic N) is 2. The molecule has 0 aliphatic carbocycles. The summed E-state index contributed by atoms with van der Waals surface area (Å²) >= 11 is 5.97. The number of carbonyl (C=O) groups is 2. The second-order valence-corrected chi connectivity index (χ2v) is 4.51. The summed E-state index contributed by atoms with van der Waals surface area (Å²) in [6.45, 7) is 3.75. The molecule has 0 fully saturated rings. The number of rotatable bonds is 2. The fraction of sp³-hybridized carbons (Fsp3) is 0.286. The van der Waals surface area contributed by atoms with Gasteiger partial charge in [0.25, 0.3) is 0 Å². The maximum atomic E-state index is 12.2. The van der Waals surface area contributed by atoms with Gasteiger partial charge in [0.2, 0.25) is 0 Å². The molecule has 0 unspecified atom stereocenters. The van der Waals surface area contributed by atoms with Crippen LogP contribution in [0.15, 0.2) is 24.4 Å². The Morgan fingerprint density at radius 2 is 1.81 bits per heavy atom. The number of hydrogen-bond acceptors (Lipinski definition) is 4. The predicted molar refractivity (Wildman–Crippen MR) is 78.8 cm³/mol. The lowest BCUT2D eigenvalue weighted by atomic mass is 10.1. The lowest BCUT2D eigenvalue weighted by Crippen LogP contribution is -2.49. The quantitative estimate of drug-likeness (QED) is 0.836. The summed E-state index contributed by atoms with van der Waals surface area (Å²) in [5, 5.41) is 2.60. The fourth-order valence-electron chi connectivity index (χ4n) is 1.88. The first kappa shape index (κ1) is 15.2. The van der Waals surface area contributed by atoms with Crippen LogP contribution in [-0.2, 0) is 9.47 Å². The Bertz CT molecular complexity index is 588. The molecule has 0 N–H and O–H groups in total. The van der Waals surface area contributed by atoms with E-state index in [0.29, 0.717) is 10.7 Å². The summed E-state index contributed by atoms with van der Waals surface area (Å²) in [6, 6.07) is 5.04. The number of benzene rings is 1. The standard InChI is InChI=1S/C14H15ClN2O4/c1-3-20-13(18)16-8-7-10-5-6-11(15)9-12(10)17(16)14(19)21-4-2/h5-9H,3-4H2,1-2H3. The highest BCUT2D eigenvalue weighted by atomic mass is 35.5. The molecule has 0 atom stereocenters. The SMILES string of the molecule is CCOC(=O)N1C=Cc2ccc(Cl)cc2N1C(=O)OCC. The molecule has 1 aromatic rings. The number of ether oxygens (including phenoxy) is 2. The lowest BCUT2D eigenvalue weighted by Gasteiger charge is -2.34. The zero-order valence-corrected chi connectivity index (χ0v) is 12.5. The van der Waals surface area contributed by atoms with Gasteiger partial charge in [-0.2, -0.15) is 10.0 Å². The first-order chi connectivity index (χ1) is 10.1. The Hall–Kier alpha value is -2.21. The van der Waals surface area contributed by atoms with Crippen LogP contribution >= 0.6 is 11.6 Å². The van der Waals surface area contributed by atoms with Crippen molar-refractivity contribution >= 4 is 35.6 Å². The Morgan fingerprint density at radius 1 is 1.14 bits per heavy atom. The smallest absolute Gasteiger partial charge is 0.434 e. The third-order valence-electron chi connectivity index (χ3n) is 2.73. The Morgan fingerprint density at radius 3 is 2.48 bits per heavy atom. The number of anilines is 1. The molecular weight excluding hydrogens is 296 g/mol. The van der Waals surface area contributed by atoms with Crippen LogP contribution in [0, 0.1) is 0 Å². The molecule has 21 heavy (non-hydrogen) atoms. The molecule has 0 aromatic heterocycles. The highest BCUT2D eigenvalue weighted by Gasteiger charge is 2.32. The zero-order valence-electron chi connectivity index (χ0n) is 11.7. The highest BCUT2D eigenvalue weighted by molar-refractivity contribution is 6.31. The van der Waals surface area contributed by atoms with Crippen LogP contribution in [-0.4, -0.2) is 30.4 Å². The predicted octanol–water partition coefficient (Wildman–Crippen LogP) is 3.66. The summed E-state index contributed by atoms with van der Waals surface area (Å²) in [4.78, 5) is 24.2. The molecule has 2 rings (SSSR count). The van der Waals surface area contributed by atoms with E-state index in [1.54, 1.807) is 38.1 Å². The van der Waals surface area contributed by atoms with Crippen molar-refractivity contribution in [1.29, 1.82) is 0 Å². The highest BCUT2D eigenvalue weighted by Crippen LogP contribution is 2.32. The van der Waals surface area contributed by atoms with E-state index < -0.39 is 12.2 Å². The van der Waals surface area contributed by atoms with Gasteiger partial charge in [0.05, 0.1) is 18.9 Å². The van der Waals surface area contributed by atoms with Crippen LogP contribution < -0.4 is 5.01 Å². The van der Waals surface area contributed by atoms with Crippen molar-refractivity contribution in [2.24, 2.45) is 0 Å². The maximum Gasteiger partial charge on any atom is 0.434 e. The van der Waals surface area contributed by atoms with Gasteiger partial charge in [-0.1, -0.05) is 17.7 Å². The molecule has 7 heteroatoms. The summed E-state index contributed by atoms with van der Waals surface area (Å²) < 4.78 is 9.94. The van der Waals surface area contributed by atoms with E-state index in [2.05, 4.69) is 0 Å². The minimum atomic E-state index is -0.682. The van der Waals surface area contributed by atoms with E-state index in [1.807, 2.05) is 0 Å². The van der Waals surface area contributed by atoms with Crippen LogP contribution in [0.1, 0.15) is 19.4 Å². The van der Waals surface area contributed by atoms with E-state index in [0.717, 1.165) is 15.6 Å². The van der Waals surface area contributed by atoms with Gasteiger partial charge in [0, 0.05) is 16.8 Å². The van der Waals surface area contributed by atoms with Gasteiger partial charge in [-0.15, -0.1) is 0 Å². The van der Waals surface area contributed by atoms with E-state index in [1.165, 1.54) is 6.20 Å². The normalized spacial score (nSPS) is 12.9. The molecule has 6 nitrogen and oxygen atoms in total. The number of halogens is 1. The van der Waals surface area contributed by atoms with Crippen molar-refractivity contribution in [3.63, 3.8) is 0 Å². The average molecular weight is 311 g/mol. The summed E-state index contributed by atoms with van der Waals surface area (Å²) in [5.74, 6) is 0. The van der Waals surface area contributed by atoms with E-state index >= 15 is 0 Å². The van der Waals surface area contributed by atoms with Crippen molar-refractivity contribution in [2.45, 2.75) is 13.8 Å². The molecule has 0 bridgehead atoms. The van der Waals surface area contributed by atoms with Gasteiger partial charge in [0.15, 0.2) is 0 Å². The van der Waals surface area contributed by atoms with Crippen LogP contribution in [0.25, 0.3) is 6.08 Å². The molecule has 112 valence electrons. The number of hydrogen-bond donors (Lipinski definition) is 0. The van der Waals surface area contributed by atoms with Gasteiger partial charge in [-0.25, -0.2) is 9.59 Å². The molecule has 0 radical (unpaired) electrons. The first-order valence-electron chi connectivity index (χ1n) is 6.49. The molecule has 1 heterocycles. The van der Waals surface area contributed by atoms with Gasteiger partial charge in [-0.3, -0.25) is 0 Å². The number of carbonyl (C=O) groups excluding carboxylic acids is 2. The molecule has 1 aliphatic rings. The maximum absolute atomic E-state index is 12.2. The van der Waals surface area contributed by atoms with Crippen LogP contribution in [0.5, 0.6) is 0 Å². The van der Waals surface area contributed by atoms with Crippen molar-refractivity contribution in [1.82, 2.24) is 5.01 Å². The topological polar surface area (TPSA) is 59.1 Å². The minimum absolute atomic E-state index is 0.186. The van der Waals surface area contributed by atoms with Crippen molar-refractivity contribution < 1.29 is 19.1 Å². The molecule has 0 saturated carbocycles. The first-order valence-corrected chi connectivity index (χ1v) is 6.86. The molecule has 1 aromatic carbocycles. The molecular formula is C14H15ClN2O4. The Balaban J connectivity index is 2.44. The van der Waals surface area contributed by atoms with Crippen LogP contribution in [0.4, 0.5) is 15.3 Å². The second-order valence-electron chi connectivity index (χ2n) is 4.07. The number of fused-ring (bicyclic) bond motifs is 1.